The lowest BCUT2D eigenvalue weighted by molar-refractivity contribution is 0.598. The summed E-state index contributed by atoms with van der Waals surface area (Å²) in [5, 5.41) is 16.1. The summed E-state index contributed by atoms with van der Waals surface area (Å²) in [6.07, 6.45) is 0. The molecule has 7 nitrogen and oxygen atoms in total. The van der Waals surface area contributed by atoms with Gasteiger partial charge in [-0.3, -0.25) is 0 Å². The molecule has 0 amide bonds. The first kappa shape index (κ1) is 14.8. The maximum absolute atomic E-state index is 13.2. The number of nitrogens with zero attached hydrogens (tertiary/aromatic N) is 4. The maximum atomic E-state index is 13.2. The molecule has 21 heavy (non-hydrogen) atoms. The van der Waals surface area contributed by atoms with Gasteiger partial charge in [0.2, 0.25) is 0 Å². The van der Waals surface area contributed by atoms with Crippen molar-refractivity contribution in [1.82, 2.24) is 15.2 Å². The number of aryl methyl sites for hydroxylation is 2. The Bertz CT molecular complexity index is 845. The highest BCUT2D eigenvalue weighted by Crippen LogP contribution is 2.17. The smallest absolute Gasteiger partial charge is 0.246 e. The van der Waals surface area contributed by atoms with Crippen LogP contribution in [-0.4, -0.2) is 23.6 Å². The van der Waals surface area contributed by atoms with E-state index in [0.29, 0.717) is 11.4 Å². The fourth-order valence-corrected chi connectivity index (χ4v) is 2.40. The van der Waals surface area contributed by atoms with Gasteiger partial charge < -0.3 is 0 Å². The van der Waals surface area contributed by atoms with Gasteiger partial charge in [0.1, 0.15) is 11.9 Å². The van der Waals surface area contributed by atoms with E-state index in [-0.39, 0.29) is 16.4 Å². The first-order chi connectivity index (χ1) is 9.83. The Morgan fingerprint density at radius 3 is 2.57 bits per heavy atom. The molecule has 0 radical (unpaired) electrons. The molecule has 9 heteroatoms. The Kier molecular flexibility index (Phi) is 3.82. The molecule has 0 aliphatic carbocycles. The van der Waals surface area contributed by atoms with E-state index in [2.05, 4.69) is 19.9 Å². The molecule has 1 aromatic heterocycles. The molecule has 0 fully saturated rings. The van der Waals surface area contributed by atoms with Crippen LogP contribution in [0.4, 0.5) is 10.3 Å². The summed E-state index contributed by atoms with van der Waals surface area (Å²) in [6, 6.07) is 4.47. The number of benzene rings is 1. The molecular formula is C12H10FN5O2S. The lowest BCUT2D eigenvalue weighted by atomic mass is 10.2. The summed E-state index contributed by atoms with van der Waals surface area (Å²) < 4.78 is 39.6. The lowest BCUT2D eigenvalue weighted by Crippen LogP contribution is -2.16. The van der Waals surface area contributed by atoms with Crippen molar-refractivity contribution in [2.45, 2.75) is 18.7 Å². The molecule has 0 spiro atoms. The van der Waals surface area contributed by atoms with Gasteiger partial charge in [-0.2, -0.15) is 10.4 Å². The van der Waals surface area contributed by atoms with Gasteiger partial charge in [0.15, 0.2) is 0 Å². The average Bonchev–Trinajstić information content (AvgIpc) is 2.43. The highest BCUT2D eigenvalue weighted by molar-refractivity contribution is 7.92. The second-order valence-corrected chi connectivity index (χ2v) is 5.85. The van der Waals surface area contributed by atoms with Gasteiger partial charge in [-0.25, -0.2) is 22.5 Å². The van der Waals surface area contributed by atoms with Crippen LogP contribution in [0, 0.1) is 31.0 Å². The standard InChI is InChI=1S/C12H10FN5O2S/c1-7-8(2)16-17-12(15-7)18-21(19,20)10-3-4-11(13)9(5-10)6-14/h3-5H,1-2H3,(H,15,17,18). The number of hydrogen-bond donors (Lipinski definition) is 1. The van der Waals surface area contributed by atoms with E-state index in [9.17, 15) is 12.8 Å². The lowest BCUT2D eigenvalue weighted by Gasteiger charge is -2.07. The number of sulfonamides is 1. The molecular weight excluding hydrogens is 297 g/mol. The van der Waals surface area contributed by atoms with Crippen LogP contribution in [0.5, 0.6) is 0 Å². The minimum absolute atomic E-state index is 0.194. The van der Waals surface area contributed by atoms with Gasteiger partial charge in [0, 0.05) is 0 Å². The third-order valence-corrected chi connectivity index (χ3v) is 4.01. The summed E-state index contributed by atoms with van der Waals surface area (Å²) in [5.41, 5.74) is 0.739. The summed E-state index contributed by atoms with van der Waals surface area (Å²) in [7, 11) is -4.03. The highest BCUT2D eigenvalue weighted by atomic mass is 32.2. The number of anilines is 1. The zero-order valence-corrected chi connectivity index (χ0v) is 11.9. The average molecular weight is 307 g/mol. The van der Waals surface area contributed by atoms with Gasteiger partial charge in [-0.1, -0.05) is 0 Å². The number of nitriles is 1. The third kappa shape index (κ3) is 3.11. The summed E-state index contributed by atoms with van der Waals surface area (Å²) in [5.74, 6) is -0.985. The van der Waals surface area contributed by atoms with Gasteiger partial charge in [-0.05, 0) is 32.0 Å². The Morgan fingerprint density at radius 1 is 1.24 bits per heavy atom. The Balaban J connectivity index is 2.38. The molecule has 0 saturated heterocycles. The molecule has 0 aliphatic rings. The molecule has 0 unspecified atom stereocenters. The quantitative estimate of drug-likeness (QED) is 0.915. The Hall–Kier alpha value is -2.60. The van der Waals surface area contributed by atoms with E-state index in [1.807, 2.05) is 0 Å². The third-order valence-electron chi connectivity index (χ3n) is 2.69. The molecule has 0 atom stereocenters. The van der Waals surface area contributed by atoms with Crippen molar-refractivity contribution in [3.05, 3.63) is 41.0 Å². The van der Waals surface area contributed by atoms with Crippen LogP contribution >= 0.6 is 0 Å². The molecule has 108 valence electrons. The maximum Gasteiger partial charge on any atom is 0.264 e. The van der Waals surface area contributed by atoms with Crippen molar-refractivity contribution in [2.75, 3.05) is 4.72 Å². The number of rotatable bonds is 3. The molecule has 1 N–H and O–H groups in total. The van der Waals surface area contributed by atoms with Crippen molar-refractivity contribution in [1.29, 1.82) is 5.26 Å². The van der Waals surface area contributed by atoms with Crippen LogP contribution in [0.1, 0.15) is 17.0 Å². The summed E-state index contributed by atoms with van der Waals surface area (Å²) in [4.78, 5) is 3.68. The second-order valence-electron chi connectivity index (χ2n) is 4.17. The fourth-order valence-electron chi connectivity index (χ4n) is 1.44. The van der Waals surface area contributed by atoms with Gasteiger partial charge >= 0.3 is 0 Å². The van der Waals surface area contributed by atoms with E-state index in [1.165, 1.54) is 0 Å². The van der Waals surface area contributed by atoms with Crippen LogP contribution in [0.15, 0.2) is 23.1 Å². The molecule has 2 rings (SSSR count). The van der Waals surface area contributed by atoms with E-state index in [0.717, 1.165) is 18.2 Å². The summed E-state index contributed by atoms with van der Waals surface area (Å²) >= 11 is 0. The highest BCUT2D eigenvalue weighted by Gasteiger charge is 2.18. The minimum Gasteiger partial charge on any atom is -0.246 e. The van der Waals surface area contributed by atoms with Crippen molar-refractivity contribution in [2.24, 2.45) is 0 Å². The van der Waals surface area contributed by atoms with Crippen molar-refractivity contribution in [3.63, 3.8) is 0 Å². The fraction of sp³-hybridized carbons (Fsp3) is 0.167. The van der Waals surface area contributed by atoms with Crippen LogP contribution in [0.2, 0.25) is 0 Å². The zero-order chi connectivity index (χ0) is 15.6. The second kappa shape index (κ2) is 5.41. The van der Waals surface area contributed by atoms with E-state index in [1.54, 1.807) is 19.9 Å². The van der Waals surface area contributed by atoms with Crippen LogP contribution in [0.25, 0.3) is 0 Å². The van der Waals surface area contributed by atoms with Crippen LogP contribution in [0.3, 0.4) is 0 Å². The van der Waals surface area contributed by atoms with Crippen molar-refractivity contribution in [3.8, 4) is 6.07 Å². The van der Waals surface area contributed by atoms with Crippen molar-refractivity contribution >= 4 is 16.0 Å². The minimum atomic E-state index is -4.03. The van der Waals surface area contributed by atoms with Gasteiger partial charge in [0.05, 0.1) is 21.8 Å². The monoisotopic (exact) mass is 307 g/mol. The van der Waals surface area contributed by atoms with Crippen LogP contribution in [-0.2, 0) is 10.0 Å². The first-order valence-corrected chi connectivity index (χ1v) is 7.22. The molecule has 2 aromatic rings. The SMILES string of the molecule is Cc1nnc(NS(=O)(=O)c2ccc(F)c(C#N)c2)nc1C. The zero-order valence-electron chi connectivity index (χ0n) is 11.1. The molecule has 1 aromatic carbocycles. The molecule has 1 heterocycles. The largest absolute Gasteiger partial charge is 0.264 e. The molecule has 0 bridgehead atoms. The number of aromatic nitrogens is 3. The Morgan fingerprint density at radius 2 is 1.95 bits per heavy atom. The topological polar surface area (TPSA) is 109 Å². The van der Waals surface area contributed by atoms with Crippen LogP contribution < -0.4 is 4.72 Å². The Labute approximate surface area is 120 Å². The normalized spacial score (nSPS) is 11.0. The predicted molar refractivity (Wildman–Crippen MR) is 71.2 cm³/mol. The molecule has 0 aliphatic heterocycles. The number of halogens is 1. The van der Waals surface area contributed by atoms with E-state index in [4.69, 9.17) is 5.26 Å². The van der Waals surface area contributed by atoms with Gasteiger partial charge in [-0.15, -0.1) is 5.10 Å². The first-order valence-electron chi connectivity index (χ1n) is 5.74. The van der Waals surface area contributed by atoms with E-state index >= 15 is 0 Å². The van der Waals surface area contributed by atoms with E-state index < -0.39 is 15.8 Å². The van der Waals surface area contributed by atoms with Gasteiger partial charge in [0.25, 0.3) is 16.0 Å². The molecule has 0 saturated carbocycles. The summed E-state index contributed by atoms with van der Waals surface area (Å²) in [6.45, 7) is 3.35. The predicted octanol–water partition coefficient (Wildman–Crippen LogP) is 1.30. The van der Waals surface area contributed by atoms with Crippen molar-refractivity contribution < 1.29 is 12.8 Å². The number of nitrogens with one attached hydrogen (secondary N) is 1. The number of hydrogen-bond acceptors (Lipinski definition) is 6.